The molecule has 0 fully saturated rings. The van der Waals surface area contributed by atoms with Crippen LogP contribution < -0.4 is 24.8 Å². The molecule has 0 spiro atoms. The number of halogens is 1. The largest absolute Gasteiger partial charge is 0.493 e. The van der Waals surface area contributed by atoms with Crippen molar-refractivity contribution in [1.82, 2.24) is 10.6 Å². The number of aliphatic imine (C=N–C) groups is 1. The molecule has 2 N–H and O–H groups in total. The Morgan fingerprint density at radius 2 is 1.79 bits per heavy atom. The van der Waals surface area contributed by atoms with Crippen molar-refractivity contribution in [2.24, 2.45) is 4.99 Å². The minimum Gasteiger partial charge on any atom is -0.493 e. The predicted octanol–water partition coefficient (Wildman–Crippen LogP) is 4.14. The molecule has 0 aliphatic rings. The minimum absolute atomic E-state index is 0. The van der Waals surface area contributed by atoms with Gasteiger partial charge in [-0.05, 0) is 30.7 Å². The zero-order chi connectivity index (χ0) is 20.2. The molecule has 0 bridgehead atoms. The smallest absolute Gasteiger partial charge is 0.191 e. The zero-order valence-corrected chi connectivity index (χ0v) is 19.6. The highest BCUT2D eigenvalue weighted by Crippen LogP contribution is 2.28. The molecule has 0 aliphatic heterocycles. The van der Waals surface area contributed by atoms with Crippen LogP contribution in [0.1, 0.15) is 18.1 Å². The Balaban J connectivity index is 0.00000420. The van der Waals surface area contributed by atoms with Gasteiger partial charge in [0, 0.05) is 25.7 Å². The average Bonchev–Trinajstić information content (AvgIpc) is 2.74. The molecule has 2 aromatic carbocycles. The number of methoxy groups -OCH3 is 1. The Hall–Kier alpha value is -2.42. The van der Waals surface area contributed by atoms with E-state index < -0.39 is 0 Å². The molecule has 29 heavy (non-hydrogen) atoms. The van der Waals surface area contributed by atoms with E-state index in [0.717, 1.165) is 28.4 Å². The van der Waals surface area contributed by atoms with Crippen LogP contribution in [-0.2, 0) is 13.1 Å². The molecule has 158 valence electrons. The molecule has 0 saturated heterocycles. The second-order valence-corrected chi connectivity index (χ2v) is 5.90. The number of nitrogens with zero attached hydrogens (tertiary/aromatic N) is 1. The van der Waals surface area contributed by atoms with Crippen LogP contribution >= 0.6 is 24.0 Å². The molecule has 0 aromatic heterocycles. The topological polar surface area (TPSA) is 64.1 Å². The van der Waals surface area contributed by atoms with Crippen LogP contribution in [-0.4, -0.2) is 33.3 Å². The molecule has 2 aromatic rings. The van der Waals surface area contributed by atoms with E-state index in [4.69, 9.17) is 14.2 Å². The van der Waals surface area contributed by atoms with Crippen LogP contribution in [0.5, 0.6) is 17.2 Å². The number of hydrogen-bond acceptors (Lipinski definition) is 4. The molecule has 0 amide bonds. The molecule has 7 heteroatoms. The van der Waals surface area contributed by atoms with E-state index in [-0.39, 0.29) is 24.0 Å². The van der Waals surface area contributed by atoms with Gasteiger partial charge in [0.1, 0.15) is 12.4 Å². The molecule has 0 atom stereocenters. The van der Waals surface area contributed by atoms with Gasteiger partial charge in [-0.1, -0.05) is 36.9 Å². The van der Waals surface area contributed by atoms with Crippen molar-refractivity contribution in [2.75, 3.05) is 27.4 Å². The van der Waals surface area contributed by atoms with Gasteiger partial charge >= 0.3 is 0 Å². The number of ether oxygens (including phenoxy) is 3. The molecule has 6 nitrogen and oxygen atoms in total. The van der Waals surface area contributed by atoms with E-state index in [1.54, 1.807) is 20.2 Å². The number of rotatable bonds is 10. The number of benzene rings is 2. The highest BCUT2D eigenvalue weighted by Gasteiger charge is 2.07. The fraction of sp³-hybridized carbons (Fsp3) is 0.318. The van der Waals surface area contributed by atoms with E-state index in [1.165, 1.54) is 0 Å². The standard InChI is InChI=1S/C22H29N3O3.HI/c1-5-13-28-19-10-8-7-9-18(19)16-25-22(23-3)24-15-17-11-12-20(27-6-2)21(14-17)26-4;/h5,7-12,14H,1,6,13,15-16H2,2-4H3,(H2,23,24,25);1H. The minimum atomic E-state index is 0. The van der Waals surface area contributed by atoms with Crippen molar-refractivity contribution < 1.29 is 14.2 Å². The van der Waals surface area contributed by atoms with E-state index in [2.05, 4.69) is 22.2 Å². The Morgan fingerprint density at radius 1 is 1.03 bits per heavy atom. The molecule has 2 rings (SSSR count). The van der Waals surface area contributed by atoms with Gasteiger partial charge in [0.25, 0.3) is 0 Å². The van der Waals surface area contributed by atoms with E-state index >= 15 is 0 Å². The number of para-hydroxylation sites is 1. The summed E-state index contributed by atoms with van der Waals surface area (Å²) in [6.07, 6.45) is 1.73. The maximum Gasteiger partial charge on any atom is 0.191 e. The monoisotopic (exact) mass is 511 g/mol. The Kier molecular flexibility index (Phi) is 11.6. The molecular weight excluding hydrogens is 481 g/mol. The maximum atomic E-state index is 5.69. The highest BCUT2D eigenvalue weighted by atomic mass is 127. The Morgan fingerprint density at radius 3 is 2.48 bits per heavy atom. The van der Waals surface area contributed by atoms with Crippen molar-refractivity contribution in [1.29, 1.82) is 0 Å². The summed E-state index contributed by atoms with van der Waals surface area (Å²) in [4.78, 5) is 4.28. The summed E-state index contributed by atoms with van der Waals surface area (Å²) >= 11 is 0. The summed E-state index contributed by atoms with van der Waals surface area (Å²) in [5, 5.41) is 6.62. The predicted molar refractivity (Wildman–Crippen MR) is 129 cm³/mol. The lowest BCUT2D eigenvalue weighted by molar-refractivity contribution is 0.310. The Bertz CT molecular complexity index is 797. The summed E-state index contributed by atoms with van der Waals surface area (Å²) in [7, 11) is 3.38. The second-order valence-electron chi connectivity index (χ2n) is 5.90. The number of guanidine groups is 1. The summed E-state index contributed by atoms with van der Waals surface area (Å²) in [5.41, 5.74) is 2.12. The van der Waals surface area contributed by atoms with Crippen LogP contribution in [0, 0.1) is 0 Å². The molecule has 0 radical (unpaired) electrons. The summed E-state index contributed by atoms with van der Waals surface area (Å²) in [6.45, 7) is 7.92. The average molecular weight is 511 g/mol. The number of nitrogens with one attached hydrogen (secondary N) is 2. The van der Waals surface area contributed by atoms with Crippen molar-refractivity contribution in [3.05, 3.63) is 66.2 Å². The fourth-order valence-corrected chi connectivity index (χ4v) is 2.62. The van der Waals surface area contributed by atoms with Gasteiger partial charge in [0.2, 0.25) is 0 Å². The van der Waals surface area contributed by atoms with E-state index in [0.29, 0.717) is 32.3 Å². The van der Waals surface area contributed by atoms with Gasteiger partial charge < -0.3 is 24.8 Å². The van der Waals surface area contributed by atoms with Gasteiger partial charge in [0.05, 0.1) is 13.7 Å². The van der Waals surface area contributed by atoms with Crippen molar-refractivity contribution in [2.45, 2.75) is 20.0 Å². The van der Waals surface area contributed by atoms with Crippen LogP contribution in [0.2, 0.25) is 0 Å². The molecule has 0 aliphatic carbocycles. The summed E-state index contributed by atoms with van der Waals surface area (Å²) < 4.78 is 16.7. The lowest BCUT2D eigenvalue weighted by Gasteiger charge is -2.15. The first-order chi connectivity index (χ1) is 13.7. The molecule has 0 unspecified atom stereocenters. The first kappa shape index (κ1) is 24.6. The SMILES string of the molecule is C=CCOc1ccccc1CNC(=NC)NCc1ccc(OCC)c(OC)c1.I. The third-order valence-electron chi connectivity index (χ3n) is 3.99. The fourth-order valence-electron chi connectivity index (χ4n) is 2.62. The normalized spacial score (nSPS) is 10.5. The quantitative estimate of drug-likeness (QED) is 0.217. The highest BCUT2D eigenvalue weighted by molar-refractivity contribution is 14.0. The summed E-state index contributed by atoms with van der Waals surface area (Å²) in [5.74, 6) is 3.00. The van der Waals surface area contributed by atoms with Crippen LogP contribution in [0.15, 0.2) is 60.1 Å². The van der Waals surface area contributed by atoms with Gasteiger partial charge in [0.15, 0.2) is 17.5 Å². The van der Waals surface area contributed by atoms with E-state index in [9.17, 15) is 0 Å². The third kappa shape index (κ3) is 7.84. The van der Waals surface area contributed by atoms with Gasteiger partial charge in [-0.25, -0.2) is 0 Å². The maximum absolute atomic E-state index is 5.69. The Labute approximate surface area is 190 Å². The lowest BCUT2D eigenvalue weighted by Crippen LogP contribution is -2.36. The number of hydrogen-bond donors (Lipinski definition) is 2. The van der Waals surface area contributed by atoms with Crippen LogP contribution in [0.3, 0.4) is 0 Å². The summed E-state index contributed by atoms with van der Waals surface area (Å²) in [6, 6.07) is 13.8. The molecular formula is C22H30IN3O3. The van der Waals surface area contributed by atoms with Crippen molar-refractivity contribution >= 4 is 29.9 Å². The van der Waals surface area contributed by atoms with Crippen molar-refractivity contribution in [3.8, 4) is 17.2 Å². The van der Waals surface area contributed by atoms with Crippen molar-refractivity contribution in [3.63, 3.8) is 0 Å². The lowest BCUT2D eigenvalue weighted by atomic mass is 10.2. The zero-order valence-electron chi connectivity index (χ0n) is 17.2. The first-order valence-electron chi connectivity index (χ1n) is 9.27. The van der Waals surface area contributed by atoms with Gasteiger partial charge in [-0.3, -0.25) is 4.99 Å². The second kappa shape index (κ2) is 13.7. The van der Waals surface area contributed by atoms with Crippen LogP contribution in [0.25, 0.3) is 0 Å². The first-order valence-corrected chi connectivity index (χ1v) is 9.27. The van der Waals surface area contributed by atoms with E-state index in [1.807, 2.05) is 49.4 Å². The molecule has 0 saturated carbocycles. The third-order valence-corrected chi connectivity index (χ3v) is 3.99. The van der Waals surface area contributed by atoms with Crippen LogP contribution in [0.4, 0.5) is 0 Å². The molecule has 0 heterocycles. The van der Waals surface area contributed by atoms with Gasteiger partial charge in [-0.15, -0.1) is 24.0 Å². The van der Waals surface area contributed by atoms with Gasteiger partial charge in [-0.2, -0.15) is 0 Å².